The van der Waals surface area contributed by atoms with Crippen LogP contribution < -0.4 is 21.8 Å². The molecule has 0 saturated carbocycles. The lowest BCUT2D eigenvalue weighted by Gasteiger charge is -2.27. The molecule has 0 bridgehead atoms. The fraction of sp³-hybridized carbons (Fsp3) is 0.478. The number of phosphoric acid groups is 2. The number of nitrogens with zero attached hydrogens (tertiary/aromatic N) is 7. The fourth-order valence-electron chi connectivity index (χ4n) is 5.56. The van der Waals surface area contributed by atoms with Crippen molar-refractivity contribution < 1.29 is 61.4 Å². The molecule has 7 rings (SSSR count). The summed E-state index contributed by atoms with van der Waals surface area (Å²) >= 11 is 0. The number of fused-ring (bicyclic) bond motifs is 4. The Hall–Kier alpha value is -4.08. The maximum atomic E-state index is 13.2. The number of nitrogens with one attached hydrogen (secondary N) is 1. The average Bonchev–Trinajstić information content (AvgIpc) is 3.79. The van der Waals surface area contributed by atoms with Gasteiger partial charge >= 0.3 is 15.6 Å². The van der Waals surface area contributed by atoms with Crippen molar-refractivity contribution in [2.24, 2.45) is 0 Å². The SMILES string of the molecule is C#CCOc1nc(N)nc2c1ncn2[C@@H]1O[C@@H]2COP(=O)(O)O[C@H]3[C@@H](O)[C@H](n4cnc5c(=O)[nH]c(N)nc54)O[C@@H]3COP(=O)(O)O[C@H]2[C@H]1O. The van der Waals surface area contributed by atoms with Gasteiger partial charge in [0, 0.05) is 0 Å². The highest BCUT2D eigenvalue weighted by atomic mass is 31.2. The number of H-pyrrole nitrogens is 1. The number of imidazole rings is 2. The number of terminal acetylenes is 1. The molecule has 3 fully saturated rings. The number of rotatable bonds is 4. The molecular formula is C23H26N10O14P2. The van der Waals surface area contributed by atoms with E-state index in [2.05, 4.69) is 35.8 Å². The Morgan fingerprint density at radius 1 is 0.918 bits per heavy atom. The first-order chi connectivity index (χ1) is 23.2. The highest BCUT2D eigenvalue weighted by Crippen LogP contribution is 2.53. The number of aromatic amines is 1. The van der Waals surface area contributed by atoms with Crippen LogP contribution in [-0.2, 0) is 36.7 Å². The normalized spacial score (nSPS) is 35.3. The Morgan fingerprint density at radius 3 is 2.00 bits per heavy atom. The average molecular weight is 728 g/mol. The van der Waals surface area contributed by atoms with Gasteiger partial charge in [-0.2, -0.15) is 15.0 Å². The zero-order valence-electron chi connectivity index (χ0n) is 24.5. The molecular weight excluding hydrogens is 702 g/mol. The molecule has 4 aromatic rings. The van der Waals surface area contributed by atoms with E-state index in [1.165, 1.54) is 10.9 Å². The number of aliphatic hydroxyl groups excluding tert-OH is 2. The number of ether oxygens (including phenoxy) is 3. The standard InChI is InChI=1S/C23H26N10O14P2/c1-2-3-41-19-11-17(29-23(25)31-19)33(7-27-11)21-13(35)15-9(45-21)5-43-48(37,38)46-14-8(4-42-49(39,40)47-15)44-20(12(14)34)32-6-26-10-16(32)28-22(24)30-18(10)36/h1,6-9,12-15,20-21,34-35H,3-5H2,(H,37,38)(H,39,40)(H2,25,29,31)(H3,24,28,30,36)/t8-,9-,12-,13-,14-,15-,20-,21-/m1/s1. The first-order valence-electron chi connectivity index (χ1n) is 14.0. The molecule has 0 aromatic carbocycles. The van der Waals surface area contributed by atoms with Gasteiger partial charge in [-0.25, -0.2) is 19.1 Å². The van der Waals surface area contributed by atoms with Gasteiger partial charge in [-0.05, 0) is 0 Å². The molecule has 2 unspecified atom stereocenters. The predicted octanol–water partition coefficient (Wildman–Crippen LogP) is -2.33. The quantitative estimate of drug-likeness (QED) is 0.0855. The fourth-order valence-corrected chi connectivity index (χ4v) is 7.49. The van der Waals surface area contributed by atoms with Crippen LogP contribution in [0.3, 0.4) is 0 Å². The summed E-state index contributed by atoms with van der Waals surface area (Å²) in [6, 6.07) is 0. The van der Waals surface area contributed by atoms with E-state index >= 15 is 0 Å². The minimum absolute atomic E-state index is 0.00285. The van der Waals surface area contributed by atoms with Gasteiger partial charge in [0.1, 0.15) is 36.6 Å². The summed E-state index contributed by atoms with van der Waals surface area (Å²) in [5.41, 5.74) is 10.6. The van der Waals surface area contributed by atoms with E-state index < -0.39 is 83.5 Å². The highest BCUT2D eigenvalue weighted by Gasteiger charge is 2.54. The van der Waals surface area contributed by atoms with E-state index in [1.807, 2.05) is 0 Å². The Bertz CT molecular complexity index is 2120. The van der Waals surface area contributed by atoms with Crippen LogP contribution in [0.25, 0.3) is 22.3 Å². The Labute approximate surface area is 272 Å². The van der Waals surface area contributed by atoms with E-state index in [1.54, 1.807) is 0 Å². The predicted molar refractivity (Wildman–Crippen MR) is 158 cm³/mol. The molecule has 3 saturated heterocycles. The summed E-state index contributed by atoms with van der Waals surface area (Å²) in [6.45, 7) is -1.90. The van der Waals surface area contributed by atoms with Crippen molar-refractivity contribution in [2.75, 3.05) is 31.3 Å². The van der Waals surface area contributed by atoms with Crippen molar-refractivity contribution in [3.05, 3.63) is 23.0 Å². The molecule has 24 nitrogen and oxygen atoms in total. The second-order valence-corrected chi connectivity index (χ2v) is 13.6. The summed E-state index contributed by atoms with van der Waals surface area (Å²) < 4.78 is 66.5. The van der Waals surface area contributed by atoms with Crippen molar-refractivity contribution in [1.29, 1.82) is 0 Å². The largest absolute Gasteiger partial charge is 0.472 e. The number of anilines is 2. The van der Waals surface area contributed by atoms with E-state index in [0.29, 0.717) is 0 Å². The maximum absolute atomic E-state index is 13.2. The van der Waals surface area contributed by atoms with E-state index in [9.17, 15) is 33.9 Å². The van der Waals surface area contributed by atoms with E-state index in [-0.39, 0.29) is 46.7 Å². The third-order valence-corrected chi connectivity index (χ3v) is 9.60. The van der Waals surface area contributed by atoms with Gasteiger partial charge in [0.15, 0.2) is 41.4 Å². The van der Waals surface area contributed by atoms with Gasteiger partial charge in [0.25, 0.3) is 5.56 Å². The van der Waals surface area contributed by atoms with E-state index in [4.69, 9.17) is 50.2 Å². The molecule has 10 atom stereocenters. The first-order valence-corrected chi connectivity index (χ1v) is 17.0. The lowest BCUT2D eigenvalue weighted by Crippen LogP contribution is -2.39. The Kier molecular flexibility index (Phi) is 8.43. The summed E-state index contributed by atoms with van der Waals surface area (Å²) in [5.74, 6) is 1.67. The van der Waals surface area contributed by atoms with Crippen molar-refractivity contribution >= 4 is 49.9 Å². The molecule has 9 N–H and O–H groups in total. The number of nitrogens with two attached hydrogens (primary N) is 2. The van der Waals surface area contributed by atoms with Gasteiger partial charge in [-0.3, -0.25) is 37.0 Å². The number of nitrogen functional groups attached to an aromatic ring is 2. The van der Waals surface area contributed by atoms with Crippen LogP contribution >= 0.6 is 15.6 Å². The molecule has 0 amide bonds. The van der Waals surface area contributed by atoms with Gasteiger partial charge in [0.2, 0.25) is 17.8 Å². The summed E-state index contributed by atoms with van der Waals surface area (Å²) in [5, 5.41) is 22.4. The molecule has 4 aromatic heterocycles. The highest BCUT2D eigenvalue weighted by molar-refractivity contribution is 7.47. The van der Waals surface area contributed by atoms with Crippen LogP contribution in [0.2, 0.25) is 0 Å². The topological polar surface area (TPSA) is 339 Å². The number of hydrogen-bond acceptors (Lipinski definition) is 19. The second-order valence-electron chi connectivity index (χ2n) is 10.8. The van der Waals surface area contributed by atoms with Crippen molar-refractivity contribution in [3.8, 4) is 18.2 Å². The molecule has 0 aliphatic carbocycles. The summed E-state index contributed by atoms with van der Waals surface area (Å²) in [7, 11) is -10.2. The zero-order chi connectivity index (χ0) is 34.8. The minimum atomic E-state index is -5.11. The summed E-state index contributed by atoms with van der Waals surface area (Å²) in [6.07, 6.45) is -5.47. The van der Waals surface area contributed by atoms with Crippen LogP contribution in [0.15, 0.2) is 17.4 Å². The molecule has 26 heteroatoms. The van der Waals surface area contributed by atoms with Gasteiger partial charge in [0.05, 0.1) is 25.9 Å². The van der Waals surface area contributed by atoms with Gasteiger partial charge < -0.3 is 45.7 Å². The lowest BCUT2D eigenvalue weighted by atomic mass is 10.1. The zero-order valence-corrected chi connectivity index (χ0v) is 26.3. The third kappa shape index (κ3) is 6.16. The smallest absolute Gasteiger partial charge is 0.463 e. The molecule has 3 aliphatic rings. The molecule has 262 valence electrons. The van der Waals surface area contributed by atoms with Crippen LogP contribution in [0.5, 0.6) is 5.88 Å². The van der Waals surface area contributed by atoms with E-state index in [0.717, 1.165) is 10.9 Å². The van der Waals surface area contributed by atoms with Crippen molar-refractivity contribution in [3.63, 3.8) is 0 Å². The van der Waals surface area contributed by atoms with Gasteiger partial charge in [-0.15, -0.1) is 6.42 Å². The van der Waals surface area contributed by atoms with Crippen LogP contribution in [-0.4, -0.2) is 115 Å². The molecule has 3 aliphatic heterocycles. The first kappa shape index (κ1) is 33.4. The Morgan fingerprint density at radius 2 is 1.45 bits per heavy atom. The molecule has 7 heterocycles. The number of aliphatic hydroxyl groups is 2. The van der Waals surface area contributed by atoms with Crippen molar-refractivity contribution in [1.82, 2.24) is 39.0 Å². The summed E-state index contributed by atoms with van der Waals surface area (Å²) in [4.78, 5) is 56.0. The second kappa shape index (κ2) is 12.4. The monoisotopic (exact) mass is 728 g/mol. The number of hydrogen-bond donors (Lipinski definition) is 7. The maximum Gasteiger partial charge on any atom is 0.472 e. The minimum Gasteiger partial charge on any atom is -0.463 e. The van der Waals surface area contributed by atoms with Gasteiger partial charge in [-0.1, -0.05) is 5.92 Å². The lowest BCUT2D eigenvalue weighted by molar-refractivity contribution is -0.0664. The molecule has 0 spiro atoms. The number of aromatic nitrogens is 8. The van der Waals surface area contributed by atoms with Crippen LogP contribution in [0.4, 0.5) is 11.9 Å². The third-order valence-electron chi connectivity index (χ3n) is 7.63. The van der Waals surface area contributed by atoms with Crippen LogP contribution in [0, 0.1) is 12.3 Å². The molecule has 49 heavy (non-hydrogen) atoms. The number of phosphoric ester groups is 2. The Balaban J connectivity index is 1.16. The van der Waals surface area contributed by atoms with Crippen molar-refractivity contribution in [2.45, 2.75) is 49.1 Å². The van der Waals surface area contributed by atoms with Crippen LogP contribution in [0.1, 0.15) is 12.5 Å². The molecule has 0 radical (unpaired) electrons.